The van der Waals surface area contributed by atoms with Crippen molar-refractivity contribution < 1.29 is 0 Å². The lowest BCUT2D eigenvalue weighted by Crippen LogP contribution is -2.05. The minimum absolute atomic E-state index is 0.948. The second-order valence-electron chi connectivity index (χ2n) is 1.49. The van der Waals surface area contributed by atoms with Crippen LogP contribution in [0.25, 0.3) is 0 Å². The van der Waals surface area contributed by atoms with Crippen LogP contribution in [0.5, 0.6) is 0 Å². The molecule has 0 aromatic rings. The molecule has 0 spiro atoms. The van der Waals surface area contributed by atoms with Gasteiger partial charge in [0.05, 0.1) is 0 Å². The summed E-state index contributed by atoms with van der Waals surface area (Å²) in [6, 6.07) is 0. The van der Waals surface area contributed by atoms with Crippen molar-refractivity contribution in [2.45, 2.75) is 10.3 Å². The van der Waals surface area contributed by atoms with Crippen molar-refractivity contribution in [3.05, 3.63) is 0 Å². The summed E-state index contributed by atoms with van der Waals surface area (Å²) in [7, 11) is 4.02. The fraction of sp³-hybridized carbons (Fsp3) is 1.00. The highest BCUT2D eigenvalue weighted by Crippen LogP contribution is 2.32. The number of hydrogen-bond donors (Lipinski definition) is 0. The first-order valence-electron chi connectivity index (χ1n) is 2.28. The molecule has 0 aliphatic carbocycles. The molecule has 0 bridgehead atoms. The Hall–Kier alpha value is 1.43. The van der Waals surface area contributed by atoms with Gasteiger partial charge in [-0.25, -0.2) is 0 Å². The minimum Gasteiger partial charge on any atom is -0.0941 e. The molecule has 1 fully saturated rings. The van der Waals surface area contributed by atoms with E-state index in [1.165, 1.54) is 17.9 Å². The van der Waals surface area contributed by atoms with Crippen LogP contribution < -0.4 is 0 Å². The lowest BCUT2D eigenvalue weighted by molar-refractivity contribution is 0.958. The zero-order valence-electron chi connectivity index (χ0n) is 3.89. The van der Waals surface area contributed by atoms with E-state index < -0.39 is 0 Å². The zero-order valence-corrected chi connectivity index (χ0v) is 7.68. The summed E-state index contributed by atoms with van der Waals surface area (Å²) in [5, 5.41) is 0. The van der Waals surface area contributed by atoms with Crippen molar-refractivity contribution in [1.29, 1.82) is 0 Å². The Morgan fingerprint density at radius 1 is 1.43 bits per heavy atom. The van der Waals surface area contributed by atoms with Crippen LogP contribution in [0.1, 0.15) is 6.42 Å². The van der Waals surface area contributed by atoms with E-state index in [1.54, 1.807) is 0 Å². The molecule has 0 amide bonds. The van der Waals surface area contributed by atoms with Gasteiger partial charge in [0.1, 0.15) is 0 Å². The number of hydrogen-bond acceptors (Lipinski definition) is 2. The third kappa shape index (κ3) is 2.46. The first-order valence-corrected chi connectivity index (χ1v) is 6.01. The highest BCUT2D eigenvalue weighted by Gasteiger charge is 2.08. The van der Waals surface area contributed by atoms with E-state index in [4.69, 9.17) is 0 Å². The number of alkyl halides is 1. The quantitative estimate of drug-likeness (QED) is 0.366. The molecular formula is C4H7IS2. The highest BCUT2D eigenvalue weighted by molar-refractivity contribution is 14.1. The van der Waals surface area contributed by atoms with Gasteiger partial charge in [0.15, 0.2) is 0 Å². The molecule has 1 heterocycles. The van der Waals surface area contributed by atoms with Crippen molar-refractivity contribution in [1.82, 2.24) is 0 Å². The largest absolute Gasteiger partial charge is 0.0941 e. The van der Waals surface area contributed by atoms with Gasteiger partial charge in [-0.05, 0) is 6.42 Å². The van der Waals surface area contributed by atoms with Gasteiger partial charge in [-0.15, -0.1) is 0 Å². The molecule has 0 saturated carbocycles. The van der Waals surface area contributed by atoms with Crippen molar-refractivity contribution in [2.75, 3.05) is 11.5 Å². The Morgan fingerprint density at radius 3 is 2.57 bits per heavy atom. The summed E-state index contributed by atoms with van der Waals surface area (Å²) < 4.78 is 0.948. The van der Waals surface area contributed by atoms with Gasteiger partial charge < -0.3 is 0 Å². The van der Waals surface area contributed by atoms with E-state index in [0.717, 1.165) is 3.92 Å². The zero-order chi connectivity index (χ0) is 5.11. The van der Waals surface area contributed by atoms with Gasteiger partial charge >= 0.3 is 0 Å². The molecule has 0 unspecified atom stereocenters. The number of halogens is 1. The first-order chi connectivity index (χ1) is 3.39. The van der Waals surface area contributed by atoms with Gasteiger partial charge in [0.25, 0.3) is 0 Å². The Morgan fingerprint density at radius 2 is 2.29 bits per heavy atom. The van der Waals surface area contributed by atoms with Gasteiger partial charge in [0, 0.05) is 15.4 Å². The maximum absolute atomic E-state index is 2.52. The van der Waals surface area contributed by atoms with Crippen LogP contribution >= 0.6 is 44.2 Å². The predicted molar refractivity (Wildman–Crippen MR) is 47.3 cm³/mol. The Labute approximate surface area is 65.7 Å². The van der Waals surface area contributed by atoms with Crippen LogP contribution in [0.15, 0.2) is 0 Å². The second-order valence-corrected chi connectivity index (χ2v) is 5.88. The van der Waals surface area contributed by atoms with E-state index >= 15 is 0 Å². The van der Waals surface area contributed by atoms with Crippen LogP contribution in [0.4, 0.5) is 0 Å². The summed E-state index contributed by atoms with van der Waals surface area (Å²) in [5.41, 5.74) is 0. The van der Waals surface area contributed by atoms with Gasteiger partial charge in [0.2, 0.25) is 0 Å². The van der Waals surface area contributed by atoms with Crippen molar-refractivity contribution >= 4 is 44.2 Å². The Bertz CT molecular complexity index is 51.7. The van der Waals surface area contributed by atoms with E-state index in [1.807, 2.05) is 21.6 Å². The van der Waals surface area contributed by atoms with E-state index in [2.05, 4.69) is 22.6 Å². The van der Waals surface area contributed by atoms with Crippen LogP contribution in [-0.2, 0) is 0 Å². The molecule has 1 aliphatic heterocycles. The number of rotatable bonds is 0. The molecule has 0 N–H and O–H groups in total. The standard InChI is InChI=1S/C4H7IS2/c5-4-1-2-6-7-3-4/h4H,1-3H2/t4-/m0/s1. The first kappa shape index (κ1) is 6.55. The van der Waals surface area contributed by atoms with Crippen molar-refractivity contribution in [3.8, 4) is 0 Å². The average Bonchev–Trinajstić information content (AvgIpc) is 1.69. The predicted octanol–water partition coefficient (Wildman–Crippen LogP) is 2.58. The third-order valence-electron chi connectivity index (χ3n) is 0.847. The summed E-state index contributed by atoms with van der Waals surface area (Å²) in [4.78, 5) is 0. The maximum Gasteiger partial charge on any atom is 0.0217 e. The lowest BCUT2D eigenvalue weighted by Gasteiger charge is -2.12. The Kier molecular flexibility index (Phi) is 3.23. The van der Waals surface area contributed by atoms with Crippen LogP contribution in [0.3, 0.4) is 0 Å². The van der Waals surface area contributed by atoms with Gasteiger partial charge in [-0.3, -0.25) is 0 Å². The topological polar surface area (TPSA) is 0 Å². The molecule has 0 radical (unpaired) electrons. The smallest absolute Gasteiger partial charge is 0.0217 e. The monoisotopic (exact) mass is 246 g/mol. The SMILES string of the molecule is I[C@H]1CCSSC1. The summed E-state index contributed by atoms with van der Waals surface area (Å²) in [6.07, 6.45) is 1.41. The summed E-state index contributed by atoms with van der Waals surface area (Å²) in [6.45, 7) is 0. The molecule has 0 aromatic heterocycles. The van der Waals surface area contributed by atoms with Crippen LogP contribution in [0, 0.1) is 0 Å². The minimum atomic E-state index is 0.948. The summed E-state index contributed by atoms with van der Waals surface area (Å²) in [5.74, 6) is 2.71. The van der Waals surface area contributed by atoms with Crippen LogP contribution in [0.2, 0.25) is 0 Å². The van der Waals surface area contributed by atoms with Crippen molar-refractivity contribution in [2.24, 2.45) is 0 Å². The maximum atomic E-state index is 2.52. The summed E-state index contributed by atoms with van der Waals surface area (Å²) >= 11 is 2.52. The average molecular weight is 246 g/mol. The molecule has 7 heavy (non-hydrogen) atoms. The van der Waals surface area contributed by atoms with E-state index in [-0.39, 0.29) is 0 Å². The van der Waals surface area contributed by atoms with E-state index in [9.17, 15) is 0 Å². The molecule has 1 rings (SSSR count). The molecule has 1 atom stereocenters. The molecule has 42 valence electrons. The third-order valence-corrected chi connectivity index (χ3v) is 5.02. The fourth-order valence-electron chi connectivity index (χ4n) is 0.440. The molecule has 0 nitrogen and oxygen atoms in total. The van der Waals surface area contributed by atoms with E-state index in [0.29, 0.717) is 0 Å². The molecule has 0 aromatic carbocycles. The van der Waals surface area contributed by atoms with Crippen molar-refractivity contribution in [3.63, 3.8) is 0 Å². The molecule has 1 aliphatic rings. The molecule has 1 saturated heterocycles. The second kappa shape index (κ2) is 3.45. The normalized spacial score (nSPS) is 33.0. The fourth-order valence-corrected chi connectivity index (χ4v) is 4.78. The molecular weight excluding hydrogens is 239 g/mol. The molecule has 3 heteroatoms. The van der Waals surface area contributed by atoms with Crippen LogP contribution in [-0.4, -0.2) is 15.4 Å². The highest BCUT2D eigenvalue weighted by atomic mass is 127. The Balaban J connectivity index is 2.12. The van der Waals surface area contributed by atoms with Gasteiger partial charge in [-0.1, -0.05) is 44.2 Å². The van der Waals surface area contributed by atoms with Gasteiger partial charge in [-0.2, -0.15) is 0 Å². The lowest BCUT2D eigenvalue weighted by atomic mass is 10.4.